The maximum absolute atomic E-state index is 11.5. The van der Waals surface area contributed by atoms with Gasteiger partial charge < -0.3 is 16.4 Å². The molecule has 0 aliphatic carbocycles. The lowest BCUT2D eigenvalue weighted by Crippen LogP contribution is -2.43. The van der Waals surface area contributed by atoms with E-state index < -0.39 is 0 Å². The summed E-state index contributed by atoms with van der Waals surface area (Å²) < 4.78 is 1.60. The van der Waals surface area contributed by atoms with Gasteiger partial charge in [0.15, 0.2) is 5.82 Å². The molecule has 1 amide bonds. The zero-order chi connectivity index (χ0) is 12.3. The van der Waals surface area contributed by atoms with Crippen molar-refractivity contribution < 1.29 is 4.79 Å². The monoisotopic (exact) mass is 225 g/mol. The van der Waals surface area contributed by atoms with Gasteiger partial charge in [-0.3, -0.25) is 9.48 Å². The van der Waals surface area contributed by atoms with E-state index in [0.717, 1.165) is 0 Å². The Balaban J connectivity index is 2.46. The molecule has 4 N–H and O–H groups in total. The SMILES string of the molecule is Cn1cc(N)c(NCC(=O)NC(C)(C)C)n1. The van der Waals surface area contributed by atoms with Gasteiger partial charge >= 0.3 is 0 Å². The number of nitrogens with zero attached hydrogens (tertiary/aromatic N) is 2. The van der Waals surface area contributed by atoms with Gasteiger partial charge in [-0.15, -0.1) is 0 Å². The Kier molecular flexibility index (Phi) is 3.41. The van der Waals surface area contributed by atoms with Crippen LogP contribution < -0.4 is 16.4 Å². The first-order valence-corrected chi connectivity index (χ1v) is 5.12. The van der Waals surface area contributed by atoms with Crippen LogP contribution in [0.2, 0.25) is 0 Å². The highest BCUT2D eigenvalue weighted by Gasteiger charge is 2.14. The summed E-state index contributed by atoms with van der Waals surface area (Å²) in [6, 6.07) is 0. The van der Waals surface area contributed by atoms with E-state index in [4.69, 9.17) is 5.73 Å². The molecule has 0 unspecified atom stereocenters. The van der Waals surface area contributed by atoms with Gasteiger partial charge in [0, 0.05) is 18.8 Å². The number of rotatable bonds is 3. The third-order valence-corrected chi connectivity index (χ3v) is 1.79. The second kappa shape index (κ2) is 4.42. The third kappa shape index (κ3) is 3.80. The van der Waals surface area contributed by atoms with Crippen LogP contribution >= 0.6 is 0 Å². The molecule has 1 rings (SSSR count). The Labute approximate surface area is 95.2 Å². The smallest absolute Gasteiger partial charge is 0.239 e. The van der Waals surface area contributed by atoms with Crippen LogP contribution in [-0.4, -0.2) is 27.8 Å². The van der Waals surface area contributed by atoms with Crippen molar-refractivity contribution in [3.8, 4) is 0 Å². The first-order valence-electron chi connectivity index (χ1n) is 5.12. The molecule has 1 heterocycles. The maximum Gasteiger partial charge on any atom is 0.239 e. The lowest BCUT2D eigenvalue weighted by Gasteiger charge is -2.20. The van der Waals surface area contributed by atoms with Gasteiger partial charge in [0.1, 0.15) is 0 Å². The van der Waals surface area contributed by atoms with Gasteiger partial charge in [-0.05, 0) is 20.8 Å². The first-order chi connectivity index (χ1) is 7.28. The van der Waals surface area contributed by atoms with Crippen LogP contribution in [0.3, 0.4) is 0 Å². The molecule has 0 fully saturated rings. The number of hydrogen-bond donors (Lipinski definition) is 3. The maximum atomic E-state index is 11.5. The lowest BCUT2D eigenvalue weighted by molar-refractivity contribution is -0.120. The summed E-state index contributed by atoms with van der Waals surface area (Å²) in [5.74, 6) is 0.448. The fraction of sp³-hybridized carbons (Fsp3) is 0.600. The molecule has 0 aliphatic heterocycles. The highest BCUT2D eigenvalue weighted by atomic mass is 16.2. The average molecular weight is 225 g/mol. The van der Waals surface area contributed by atoms with Crippen molar-refractivity contribution in [1.29, 1.82) is 0 Å². The third-order valence-electron chi connectivity index (χ3n) is 1.79. The second-order valence-corrected chi connectivity index (χ2v) is 4.76. The van der Waals surface area contributed by atoms with Gasteiger partial charge in [0.2, 0.25) is 5.91 Å². The number of carbonyl (C=O) groups excluding carboxylic acids is 1. The van der Waals surface area contributed by atoms with E-state index in [0.29, 0.717) is 11.5 Å². The topological polar surface area (TPSA) is 85.0 Å². The van der Waals surface area contributed by atoms with Crippen molar-refractivity contribution in [2.45, 2.75) is 26.3 Å². The predicted octanol–water partition coefficient (Wildman–Crippen LogP) is 0.329. The molecule has 16 heavy (non-hydrogen) atoms. The van der Waals surface area contributed by atoms with E-state index in [1.807, 2.05) is 20.8 Å². The quantitative estimate of drug-likeness (QED) is 0.692. The average Bonchev–Trinajstić information content (AvgIpc) is 2.38. The van der Waals surface area contributed by atoms with E-state index in [1.165, 1.54) is 0 Å². The van der Waals surface area contributed by atoms with Crippen molar-refractivity contribution in [2.75, 3.05) is 17.6 Å². The Hall–Kier alpha value is -1.72. The van der Waals surface area contributed by atoms with Crippen LogP contribution in [-0.2, 0) is 11.8 Å². The Morgan fingerprint density at radius 3 is 2.62 bits per heavy atom. The summed E-state index contributed by atoms with van der Waals surface area (Å²) in [6.45, 7) is 5.96. The Bertz CT molecular complexity index is 377. The summed E-state index contributed by atoms with van der Waals surface area (Å²) in [4.78, 5) is 11.5. The summed E-state index contributed by atoms with van der Waals surface area (Å²) in [6.07, 6.45) is 1.68. The summed E-state index contributed by atoms with van der Waals surface area (Å²) in [7, 11) is 1.77. The number of carbonyl (C=O) groups is 1. The number of nitrogens with two attached hydrogens (primary N) is 1. The van der Waals surface area contributed by atoms with Crippen LogP contribution in [0.1, 0.15) is 20.8 Å². The standard InChI is InChI=1S/C10H19N5O/c1-10(2,3)13-8(16)5-12-9-7(11)6-15(4)14-9/h6H,5,11H2,1-4H3,(H,12,14)(H,13,16). The normalized spacial score (nSPS) is 11.2. The fourth-order valence-corrected chi connectivity index (χ4v) is 1.27. The Morgan fingerprint density at radius 2 is 2.19 bits per heavy atom. The van der Waals surface area contributed by atoms with E-state index in [9.17, 15) is 4.79 Å². The molecule has 0 aliphatic rings. The molecular formula is C10H19N5O. The van der Waals surface area contributed by atoms with Crippen LogP contribution in [0, 0.1) is 0 Å². The minimum atomic E-state index is -0.228. The lowest BCUT2D eigenvalue weighted by atomic mass is 10.1. The first kappa shape index (κ1) is 12.4. The molecule has 0 radical (unpaired) electrons. The second-order valence-electron chi connectivity index (χ2n) is 4.76. The van der Waals surface area contributed by atoms with E-state index in [1.54, 1.807) is 17.9 Å². The molecular weight excluding hydrogens is 206 g/mol. The van der Waals surface area contributed by atoms with E-state index in [-0.39, 0.29) is 18.0 Å². The van der Waals surface area contributed by atoms with Crippen molar-refractivity contribution in [2.24, 2.45) is 7.05 Å². The molecule has 0 saturated carbocycles. The molecule has 1 aromatic heterocycles. The van der Waals surface area contributed by atoms with Gasteiger partial charge in [-0.1, -0.05) is 0 Å². The number of amides is 1. The Morgan fingerprint density at radius 1 is 1.56 bits per heavy atom. The molecule has 0 spiro atoms. The summed E-state index contributed by atoms with van der Waals surface area (Å²) in [5, 5.41) is 9.81. The van der Waals surface area contributed by atoms with Crippen molar-refractivity contribution in [3.05, 3.63) is 6.20 Å². The minimum Gasteiger partial charge on any atom is -0.394 e. The molecule has 0 saturated heterocycles. The largest absolute Gasteiger partial charge is 0.394 e. The molecule has 90 valence electrons. The molecule has 0 atom stereocenters. The van der Waals surface area contributed by atoms with E-state index in [2.05, 4.69) is 15.7 Å². The van der Waals surface area contributed by atoms with Crippen LogP contribution in [0.15, 0.2) is 6.20 Å². The summed E-state index contributed by atoms with van der Waals surface area (Å²) >= 11 is 0. The molecule has 0 bridgehead atoms. The fourth-order valence-electron chi connectivity index (χ4n) is 1.27. The van der Waals surface area contributed by atoms with Crippen molar-refractivity contribution in [3.63, 3.8) is 0 Å². The zero-order valence-corrected chi connectivity index (χ0v) is 10.2. The molecule has 6 nitrogen and oxygen atoms in total. The van der Waals surface area contributed by atoms with Crippen molar-refractivity contribution in [1.82, 2.24) is 15.1 Å². The number of aryl methyl sites for hydroxylation is 1. The number of nitrogen functional groups attached to an aromatic ring is 1. The van der Waals surface area contributed by atoms with Gasteiger partial charge in [-0.25, -0.2) is 0 Å². The molecule has 6 heteroatoms. The highest BCUT2D eigenvalue weighted by Crippen LogP contribution is 2.13. The minimum absolute atomic E-state index is 0.0856. The summed E-state index contributed by atoms with van der Waals surface area (Å²) in [5.41, 5.74) is 5.98. The van der Waals surface area contributed by atoms with Crippen LogP contribution in [0.4, 0.5) is 11.5 Å². The number of aromatic nitrogens is 2. The molecule has 1 aromatic rings. The highest BCUT2D eigenvalue weighted by molar-refractivity contribution is 5.81. The predicted molar refractivity (Wildman–Crippen MR) is 64.0 cm³/mol. The van der Waals surface area contributed by atoms with Crippen molar-refractivity contribution >= 4 is 17.4 Å². The van der Waals surface area contributed by atoms with Gasteiger partial charge in [0.25, 0.3) is 0 Å². The number of anilines is 2. The van der Waals surface area contributed by atoms with Crippen LogP contribution in [0.25, 0.3) is 0 Å². The van der Waals surface area contributed by atoms with Crippen LogP contribution in [0.5, 0.6) is 0 Å². The molecule has 0 aromatic carbocycles. The number of hydrogen-bond acceptors (Lipinski definition) is 4. The van der Waals surface area contributed by atoms with Gasteiger partial charge in [-0.2, -0.15) is 5.10 Å². The van der Waals surface area contributed by atoms with E-state index >= 15 is 0 Å². The van der Waals surface area contributed by atoms with Gasteiger partial charge in [0.05, 0.1) is 12.2 Å². The number of nitrogens with one attached hydrogen (secondary N) is 2. The zero-order valence-electron chi connectivity index (χ0n) is 10.2.